The summed E-state index contributed by atoms with van der Waals surface area (Å²) in [6.45, 7) is 12.3. The van der Waals surface area contributed by atoms with Gasteiger partial charge in [-0.15, -0.1) is 24.8 Å². The Morgan fingerprint density at radius 3 is 1.63 bits per heavy atom. The second-order valence-corrected chi connectivity index (χ2v) is 8.15. The zero-order valence-corrected chi connectivity index (χ0v) is 18.8. The number of benzene rings is 1. The van der Waals surface area contributed by atoms with Crippen LogP contribution in [0.5, 0.6) is 0 Å². The molecule has 0 spiro atoms. The van der Waals surface area contributed by atoms with Crippen LogP contribution in [0.2, 0.25) is 0 Å². The minimum absolute atomic E-state index is 0. The largest absolute Gasteiger partial charge is 0.371 e. The quantitative estimate of drug-likeness (QED) is 0.621. The van der Waals surface area contributed by atoms with Crippen molar-refractivity contribution in [1.29, 1.82) is 0 Å². The summed E-state index contributed by atoms with van der Waals surface area (Å²) >= 11 is 0. The highest BCUT2D eigenvalue weighted by molar-refractivity contribution is 5.85. The fraction of sp³-hybridized carbons (Fsp3) is 0.727. The summed E-state index contributed by atoms with van der Waals surface area (Å²) in [5.41, 5.74) is 3.99. The molecule has 0 unspecified atom stereocenters. The third-order valence-electron chi connectivity index (χ3n) is 5.59. The molecule has 0 radical (unpaired) electrons. The zero-order valence-electron chi connectivity index (χ0n) is 17.1. The van der Waals surface area contributed by atoms with E-state index in [0.29, 0.717) is 6.10 Å². The summed E-state index contributed by atoms with van der Waals surface area (Å²) < 4.78 is 6.46. The maximum absolute atomic E-state index is 6.46. The maximum Gasteiger partial charge on any atom is 0.0833 e. The summed E-state index contributed by atoms with van der Waals surface area (Å²) in [6, 6.07) is 6.78. The van der Waals surface area contributed by atoms with Gasteiger partial charge in [-0.05, 0) is 71.3 Å². The number of hydrogen-bond donors (Lipinski definition) is 0. The van der Waals surface area contributed by atoms with Crippen LogP contribution in [0.15, 0.2) is 18.2 Å². The highest BCUT2D eigenvalue weighted by Crippen LogP contribution is 2.16. The molecule has 2 aliphatic heterocycles. The number of hydrogen-bond acceptors (Lipinski definition) is 3. The first-order chi connectivity index (χ1) is 12.2. The molecule has 0 N–H and O–H groups in total. The smallest absolute Gasteiger partial charge is 0.0833 e. The molecule has 156 valence electrons. The second-order valence-electron chi connectivity index (χ2n) is 8.15. The Labute approximate surface area is 178 Å². The summed E-state index contributed by atoms with van der Waals surface area (Å²) in [5.74, 6) is 0. The van der Waals surface area contributed by atoms with E-state index in [1.807, 2.05) is 0 Å². The normalized spacial score (nSPS) is 18.8. The van der Waals surface area contributed by atoms with E-state index in [0.717, 1.165) is 19.7 Å². The first-order valence-electron chi connectivity index (χ1n) is 10.3. The van der Waals surface area contributed by atoms with Gasteiger partial charge in [-0.25, -0.2) is 0 Å². The molecule has 2 fully saturated rings. The Bertz CT molecular complexity index is 489. The number of piperidine rings is 2. The molecule has 0 saturated carbocycles. The average molecular weight is 417 g/mol. The van der Waals surface area contributed by atoms with E-state index < -0.39 is 0 Å². The molecule has 0 amide bonds. The highest BCUT2D eigenvalue weighted by atomic mass is 35.5. The predicted octanol–water partition coefficient (Wildman–Crippen LogP) is 5.00. The molecule has 2 aliphatic rings. The summed E-state index contributed by atoms with van der Waals surface area (Å²) in [5, 5.41) is 0. The summed E-state index contributed by atoms with van der Waals surface area (Å²) in [4.78, 5) is 5.25. The van der Waals surface area contributed by atoms with Crippen molar-refractivity contribution in [3.05, 3.63) is 34.9 Å². The minimum atomic E-state index is 0. The standard InChI is InChI=1S/C22H36N2O.2ClH/c1-19-13-20(2)15-21(14-19)18-25-22(16-23-9-5-3-6-10-23)17-24-11-7-4-8-12-24;;/h13-15,22H,3-12,16-18H2,1-2H3;2*1H. The molecular formula is C22H38Cl2N2O. The topological polar surface area (TPSA) is 15.7 Å². The summed E-state index contributed by atoms with van der Waals surface area (Å²) in [7, 11) is 0. The van der Waals surface area contributed by atoms with E-state index >= 15 is 0 Å². The van der Waals surface area contributed by atoms with Crippen LogP contribution in [-0.4, -0.2) is 55.2 Å². The first kappa shape index (κ1) is 24.7. The van der Waals surface area contributed by atoms with E-state index in [1.54, 1.807) is 0 Å². The van der Waals surface area contributed by atoms with Gasteiger partial charge >= 0.3 is 0 Å². The lowest BCUT2D eigenvalue weighted by Gasteiger charge is -2.34. The van der Waals surface area contributed by atoms with Crippen LogP contribution < -0.4 is 0 Å². The van der Waals surface area contributed by atoms with Gasteiger partial charge < -0.3 is 14.5 Å². The van der Waals surface area contributed by atoms with Gasteiger partial charge in [0.15, 0.2) is 0 Å². The molecule has 2 heterocycles. The van der Waals surface area contributed by atoms with Gasteiger partial charge in [0.25, 0.3) is 0 Å². The number of nitrogens with zero attached hydrogens (tertiary/aromatic N) is 2. The van der Waals surface area contributed by atoms with Gasteiger partial charge in [-0.1, -0.05) is 42.2 Å². The molecule has 0 aliphatic carbocycles. The van der Waals surface area contributed by atoms with Gasteiger partial charge in [0.2, 0.25) is 0 Å². The molecule has 2 saturated heterocycles. The van der Waals surface area contributed by atoms with Crippen LogP contribution in [0.4, 0.5) is 0 Å². The molecule has 27 heavy (non-hydrogen) atoms. The van der Waals surface area contributed by atoms with E-state index in [4.69, 9.17) is 4.74 Å². The molecule has 1 aromatic rings. The van der Waals surface area contributed by atoms with Crippen LogP contribution in [0, 0.1) is 13.8 Å². The maximum atomic E-state index is 6.46. The molecule has 1 aromatic carbocycles. The zero-order chi connectivity index (χ0) is 17.5. The molecule has 0 atom stereocenters. The van der Waals surface area contributed by atoms with Crippen LogP contribution in [0.1, 0.15) is 55.2 Å². The van der Waals surface area contributed by atoms with Crippen molar-refractivity contribution in [2.24, 2.45) is 0 Å². The van der Waals surface area contributed by atoms with Gasteiger partial charge in [-0.2, -0.15) is 0 Å². The Hall–Kier alpha value is -0.320. The van der Waals surface area contributed by atoms with Crippen LogP contribution in [0.25, 0.3) is 0 Å². The first-order valence-corrected chi connectivity index (χ1v) is 10.3. The lowest BCUT2D eigenvalue weighted by molar-refractivity contribution is -0.0118. The average Bonchev–Trinajstić information content (AvgIpc) is 2.61. The number of likely N-dealkylation sites (tertiary alicyclic amines) is 2. The van der Waals surface area contributed by atoms with Crippen molar-refractivity contribution in [2.45, 2.75) is 65.1 Å². The van der Waals surface area contributed by atoms with Crippen molar-refractivity contribution < 1.29 is 4.74 Å². The van der Waals surface area contributed by atoms with Gasteiger partial charge in [-0.3, -0.25) is 0 Å². The molecule has 3 rings (SSSR count). The molecule has 0 bridgehead atoms. The van der Waals surface area contributed by atoms with Crippen molar-refractivity contribution >= 4 is 24.8 Å². The van der Waals surface area contributed by atoms with Gasteiger partial charge in [0.1, 0.15) is 0 Å². The molecule has 0 aromatic heterocycles. The third-order valence-corrected chi connectivity index (χ3v) is 5.59. The third kappa shape index (κ3) is 8.70. The lowest BCUT2D eigenvalue weighted by Crippen LogP contribution is -2.44. The Morgan fingerprint density at radius 1 is 0.741 bits per heavy atom. The van der Waals surface area contributed by atoms with Gasteiger partial charge in [0, 0.05) is 13.1 Å². The Morgan fingerprint density at radius 2 is 1.19 bits per heavy atom. The fourth-order valence-electron chi connectivity index (χ4n) is 4.39. The highest BCUT2D eigenvalue weighted by Gasteiger charge is 2.21. The van der Waals surface area contributed by atoms with Crippen molar-refractivity contribution in [1.82, 2.24) is 9.80 Å². The monoisotopic (exact) mass is 416 g/mol. The van der Waals surface area contributed by atoms with Gasteiger partial charge in [0.05, 0.1) is 12.7 Å². The minimum Gasteiger partial charge on any atom is -0.371 e. The lowest BCUT2D eigenvalue weighted by atomic mass is 10.1. The SMILES string of the molecule is Cc1cc(C)cc(COC(CN2CCCCC2)CN2CCCCC2)c1.Cl.Cl. The Balaban J connectivity index is 0.00000182. The van der Waals surface area contributed by atoms with Crippen molar-refractivity contribution in [3.8, 4) is 0 Å². The van der Waals surface area contributed by atoms with E-state index in [1.165, 1.54) is 81.4 Å². The number of halogens is 2. The predicted molar refractivity (Wildman–Crippen MR) is 120 cm³/mol. The van der Waals surface area contributed by atoms with Crippen molar-refractivity contribution in [2.75, 3.05) is 39.3 Å². The van der Waals surface area contributed by atoms with E-state index in [9.17, 15) is 0 Å². The van der Waals surface area contributed by atoms with Crippen LogP contribution in [-0.2, 0) is 11.3 Å². The number of ether oxygens (including phenoxy) is 1. The second kappa shape index (κ2) is 13.0. The van der Waals surface area contributed by atoms with Crippen LogP contribution >= 0.6 is 24.8 Å². The molecule has 3 nitrogen and oxygen atoms in total. The Kier molecular flexibility index (Phi) is 11.9. The van der Waals surface area contributed by atoms with E-state index in [2.05, 4.69) is 41.8 Å². The molecular weight excluding hydrogens is 379 g/mol. The molecule has 5 heteroatoms. The van der Waals surface area contributed by atoms with Crippen LogP contribution in [0.3, 0.4) is 0 Å². The number of rotatable bonds is 7. The summed E-state index contributed by atoms with van der Waals surface area (Å²) in [6.07, 6.45) is 8.55. The fourth-order valence-corrected chi connectivity index (χ4v) is 4.39. The van der Waals surface area contributed by atoms with Crippen molar-refractivity contribution in [3.63, 3.8) is 0 Å². The van der Waals surface area contributed by atoms with E-state index in [-0.39, 0.29) is 24.8 Å². The number of aryl methyl sites for hydroxylation is 2.